The van der Waals surface area contributed by atoms with Crippen LogP contribution in [-0.4, -0.2) is 23.5 Å². The van der Waals surface area contributed by atoms with Gasteiger partial charge in [-0.1, -0.05) is 0 Å². The minimum atomic E-state index is -0.0582. The Morgan fingerprint density at radius 3 is 3.24 bits per heavy atom. The number of amides is 1. The molecule has 1 aromatic rings. The number of aromatic nitrogens is 1. The van der Waals surface area contributed by atoms with Crippen molar-refractivity contribution in [1.29, 1.82) is 0 Å². The van der Waals surface area contributed by atoms with E-state index >= 15 is 0 Å². The maximum absolute atomic E-state index is 11.7. The summed E-state index contributed by atoms with van der Waals surface area (Å²) in [7, 11) is 0. The van der Waals surface area contributed by atoms with Gasteiger partial charge < -0.3 is 10.6 Å². The highest BCUT2D eigenvalue weighted by Gasteiger charge is 2.19. The molecular weight excluding hydrogens is 214 g/mol. The Labute approximate surface area is 102 Å². The summed E-state index contributed by atoms with van der Waals surface area (Å²) in [6.07, 6.45) is 6.75. The lowest BCUT2D eigenvalue weighted by Crippen LogP contribution is -2.42. The van der Waals surface area contributed by atoms with Gasteiger partial charge in [0, 0.05) is 25.5 Å². The van der Waals surface area contributed by atoms with E-state index in [1.54, 1.807) is 6.20 Å². The van der Waals surface area contributed by atoms with Crippen LogP contribution in [0.15, 0.2) is 18.5 Å². The van der Waals surface area contributed by atoms with E-state index in [4.69, 9.17) is 0 Å². The highest BCUT2D eigenvalue weighted by Crippen LogP contribution is 2.08. The van der Waals surface area contributed by atoms with Crippen LogP contribution in [0.5, 0.6) is 0 Å². The number of hydrogen-bond acceptors (Lipinski definition) is 3. The summed E-state index contributed by atoms with van der Waals surface area (Å²) in [5.41, 5.74) is 2.37. The quantitative estimate of drug-likeness (QED) is 0.823. The second-order valence-corrected chi connectivity index (χ2v) is 4.52. The Bertz CT molecular complexity index is 392. The molecule has 1 aliphatic heterocycles. The Kier molecular flexibility index (Phi) is 4.09. The van der Waals surface area contributed by atoms with E-state index in [0.717, 1.165) is 31.4 Å². The molecule has 1 fully saturated rings. The van der Waals surface area contributed by atoms with Gasteiger partial charge in [0.15, 0.2) is 0 Å². The molecule has 2 N–H and O–H groups in total. The zero-order valence-corrected chi connectivity index (χ0v) is 10.2. The van der Waals surface area contributed by atoms with Crippen LogP contribution in [0.4, 0.5) is 0 Å². The molecule has 0 saturated carbocycles. The molecule has 17 heavy (non-hydrogen) atoms. The summed E-state index contributed by atoms with van der Waals surface area (Å²) in [5.74, 6) is 0.129. The van der Waals surface area contributed by atoms with Crippen molar-refractivity contribution in [2.24, 2.45) is 0 Å². The molecule has 0 bridgehead atoms. The molecule has 1 atom stereocenters. The van der Waals surface area contributed by atoms with Gasteiger partial charge >= 0.3 is 0 Å². The van der Waals surface area contributed by atoms with Gasteiger partial charge in [-0.3, -0.25) is 9.78 Å². The SMILES string of the molecule is Cc1ccncc1CNC1CCCCNC1=O. The zero-order chi connectivity index (χ0) is 12.1. The van der Waals surface area contributed by atoms with Gasteiger partial charge in [0.05, 0.1) is 6.04 Å². The predicted octanol–water partition coefficient (Wildman–Crippen LogP) is 1.15. The maximum atomic E-state index is 11.7. The molecule has 1 unspecified atom stereocenters. The maximum Gasteiger partial charge on any atom is 0.237 e. The third-order valence-electron chi connectivity index (χ3n) is 3.22. The van der Waals surface area contributed by atoms with Gasteiger partial charge in [0.25, 0.3) is 0 Å². The fourth-order valence-corrected chi connectivity index (χ4v) is 2.05. The molecule has 1 aliphatic rings. The van der Waals surface area contributed by atoms with Crippen molar-refractivity contribution in [1.82, 2.24) is 15.6 Å². The van der Waals surface area contributed by atoms with E-state index < -0.39 is 0 Å². The van der Waals surface area contributed by atoms with Crippen molar-refractivity contribution in [3.8, 4) is 0 Å². The smallest absolute Gasteiger partial charge is 0.237 e. The number of rotatable bonds is 3. The second kappa shape index (κ2) is 5.77. The average Bonchev–Trinajstić information content (AvgIpc) is 2.53. The highest BCUT2D eigenvalue weighted by atomic mass is 16.2. The van der Waals surface area contributed by atoms with E-state index in [9.17, 15) is 4.79 Å². The van der Waals surface area contributed by atoms with Crippen molar-refractivity contribution in [2.75, 3.05) is 6.54 Å². The van der Waals surface area contributed by atoms with Gasteiger partial charge in [-0.05, 0) is 43.4 Å². The standard InChI is InChI=1S/C13H19N3O/c1-10-5-7-14-8-11(10)9-16-12-4-2-3-6-15-13(12)17/h5,7-8,12,16H,2-4,6,9H2,1H3,(H,15,17). The lowest BCUT2D eigenvalue weighted by atomic mass is 10.1. The van der Waals surface area contributed by atoms with Crippen LogP contribution in [0.3, 0.4) is 0 Å². The van der Waals surface area contributed by atoms with E-state index in [0.29, 0.717) is 6.54 Å². The Morgan fingerprint density at radius 1 is 1.53 bits per heavy atom. The number of nitrogens with one attached hydrogen (secondary N) is 2. The van der Waals surface area contributed by atoms with Gasteiger partial charge in [-0.25, -0.2) is 0 Å². The number of nitrogens with zero attached hydrogens (tertiary/aromatic N) is 1. The molecule has 1 saturated heterocycles. The number of pyridine rings is 1. The molecule has 2 rings (SSSR count). The number of carbonyl (C=O) groups excluding carboxylic acids is 1. The predicted molar refractivity (Wildman–Crippen MR) is 66.5 cm³/mol. The summed E-state index contributed by atoms with van der Waals surface area (Å²) in [5, 5.41) is 6.24. The monoisotopic (exact) mass is 233 g/mol. The third-order valence-corrected chi connectivity index (χ3v) is 3.22. The fourth-order valence-electron chi connectivity index (χ4n) is 2.05. The van der Waals surface area contributed by atoms with E-state index in [1.807, 2.05) is 12.3 Å². The van der Waals surface area contributed by atoms with Crippen LogP contribution in [0, 0.1) is 6.92 Å². The first-order valence-electron chi connectivity index (χ1n) is 6.18. The van der Waals surface area contributed by atoms with Crippen LogP contribution in [-0.2, 0) is 11.3 Å². The van der Waals surface area contributed by atoms with Gasteiger partial charge in [0.2, 0.25) is 5.91 Å². The summed E-state index contributed by atoms with van der Waals surface area (Å²) in [4.78, 5) is 15.8. The van der Waals surface area contributed by atoms with Crippen molar-refractivity contribution >= 4 is 5.91 Å². The molecule has 0 spiro atoms. The van der Waals surface area contributed by atoms with Crippen molar-refractivity contribution in [3.05, 3.63) is 29.6 Å². The molecule has 2 heterocycles. The molecule has 4 heteroatoms. The number of carbonyl (C=O) groups is 1. The summed E-state index contributed by atoms with van der Waals surface area (Å²) in [6.45, 7) is 3.58. The van der Waals surface area contributed by atoms with Gasteiger partial charge in [0.1, 0.15) is 0 Å². The Morgan fingerprint density at radius 2 is 2.41 bits per heavy atom. The second-order valence-electron chi connectivity index (χ2n) is 4.52. The number of aryl methyl sites for hydroxylation is 1. The largest absolute Gasteiger partial charge is 0.355 e. The molecule has 0 aromatic carbocycles. The van der Waals surface area contributed by atoms with E-state index in [1.165, 1.54) is 5.56 Å². The zero-order valence-electron chi connectivity index (χ0n) is 10.2. The molecule has 1 amide bonds. The van der Waals surface area contributed by atoms with Crippen LogP contribution in [0.2, 0.25) is 0 Å². The molecule has 4 nitrogen and oxygen atoms in total. The first-order chi connectivity index (χ1) is 8.27. The minimum Gasteiger partial charge on any atom is -0.355 e. The molecule has 1 aromatic heterocycles. The van der Waals surface area contributed by atoms with Crippen LogP contribution in [0.1, 0.15) is 30.4 Å². The van der Waals surface area contributed by atoms with Crippen molar-refractivity contribution in [2.45, 2.75) is 38.8 Å². The Hall–Kier alpha value is -1.42. The number of hydrogen-bond donors (Lipinski definition) is 2. The van der Waals surface area contributed by atoms with Crippen LogP contribution >= 0.6 is 0 Å². The van der Waals surface area contributed by atoms with Crippen molar-refractivity contribution < 1.29 is 4.79 Å². The minimum absolute atomic E-state index is 0.0582. The van der Waals surface area contributed by atoms with Crippen LogP contribution in [0.25, 0.3) is 0 Å². The Balaban J connectivity index is 1.93. The summed E-state index contributed by atoms with van der Waals surface area (Å²) < 4.78 is 0. The molecule has 0 radical (unpaired) electrons. The lowest BCUT2D eigenvalue weighted by molar-refractivity contribution is -0.122. The van der Waals surface area contributed by atoms with E-state index in [-0.39, 0.29) is 11.9 Å². The first-order valence-corrected chi connectivity index (χ1v) is 6.18. The molecular formula is C13H19N3O. The fraction of sp³-hybridized carbons (Fsp3) is 0.538. The van der Waals surface area contributed by atoms with Crippen LogP contribution < -0.4 is 10.6 Å². The van der Waals surface area contributed by atoms with E-state index in [2.05, 4.69) is 22.5 Å². The molecule has 92 valence electrons. The highest BCUT2D eigenvalue weighted by molar-refractivity contribution is 5.81. The van der Waals surface area contributed by atoms with Gasteiger partial charge in [-0.15, -0.1) is 0 Å². The van der Waals surface area contributed by atoms with Gasteiger partial charge in [-0.2, -0.15) is 0 Å². The normalized spacial score (nSPS) is 20.8. The third kappa shape index (κ3) is 3.27. The summed E-state index contributed by atoms with van der Waals surface area (Å²) in [6, 6.07) is 1.93. The average molecular weight is 233 g/mol. The first kappa shape index (κ1) is 12.0. The van der Waals surface area contributed by atoms with Crippen molar-refractivity contribution in [3.63, 3.8) is 0 Å². The topological polar surface area (TPSA) is 54.0 Å². The summed E-state index contributed by atoms with van der Waals surface area (Å²) >= 11 is 0. The lowest BCUT2D eigenvalue weighted by Gasteiger charge is -2.15. The molecule has 0 aliphatic carbocycles.